The molecule has 7 heteroatoms. The maximum Gasteiger partial charge on any atom is 0.300 e. The Bertz CT molecular complexity index is 580. The van der Waals surface area contributed by atoms with Crippen LogP contribution in [0.25, 0.3) is 0 Å². The van der Waals surface area contributed by atoms with Crippen molar-refractivity contribution >= 4 is 17.5 Å². The predicted octanol–water partition coefficient (Wildman–Crippen LogP) is 2.25. The highest BCUT2D eigenvalue weighted by molar-refractivity contribution is 6.32. The van der Waals surface area contributed by atoms with Gasteiger partial charge in [-0.2, -0.15) is 0 Å². The summed E-state index contributed by atoms with van der Waals surface area (Å²) < 4.78 is 23.8. The summed E-state index contributed by atoms with van der Waals surface area (Å²) in [5, 5.41) is 0.159. The molecule has 0 aliphatic carbocycles. The molecule has 100 valence electrons. The van der Waals surface area contributed by atoms with Crippen LogP contribution in [0, 0.1) is 5.82 Å². The van der Waals surface area contributed by atoms with Crippen LogP contribution in [0.1, 0.15) is 16.3 Å². The number of furan rings is 1. The van der Waals surface area contributed by atoms with Crippen LogP contribution in [0.4, 0.5) is 4.39 Å². The lowest BCUT2D eigenvalue weighted by Crippen LogP contribution is -2.29. The number of para-hydroxylation sites is 1. The largest absolute Gasteiger partial charge is 0.481 e. The van der Waals surface area contributed by atoms with Crippen molar-refractivity contribution in [1.29, 1.82) is 0 Å². The first-order valence-corrected chi connectivity index (χ1v) is 5.66. The van der Waals surface area contributed by atoms with E-state index in [1.54, 1.807) is 0 Å². The molecule has 0 aliphatic rings. The van der Waals surface area contributed by atoms with Gasteiger partial charge in [0.2, 0.25) is 0 Å². The molecule has 2 rings (SSSR count). The second-order valence-electron chi connectivity index (χ2n) is 3.58. The summed E-state index contributed by atoms with van der Waals surface area (Å²) in [6, 6.07) is 7.18. The van der Waals surface area contributed by atoms with Crippen LogP contribution in [0.2, 0.25) is 5.02 Å². The van der Waals surface area contributed by atoms with E-state index in [0.717, 1.165) is 0 Å². The molecule has 0 spiro atoms. The summed E-state index contributed by atoms with van der Waals surface area (Å²) >= 11 is 5.80. The molecule has 5 nitrogen and oxygen atoms in total. The van der Waals surface area contributed by atoms with Crippen LogP contribution < -0.4 is 16.0 Å². The molecule has 0 radical (unpaired) electrons. The Balaban J connectivity index is 2.07. The highest BCUT2D eigenvalue weighted by Crippen LogP contribution is 2.28. The molecule has 1 aromatic carbocycles. The monoisotopic (exact) mass is 284 g/mol. The number of hydrogen-bond donors (Lipinski definition) is 2. The number of nitrogens with two attached hydrogens (primary N) is 1. The Labute approximate surface area is 113 Å². The lowest BCUT2D eigenvalue weighted by atomic mass is 10.3. The van der Waals surface area contributed by atoms with E-state index in [4.69, 9.17) is 26.6 Å². The molecular weight excluding hydrogens is 275 g/mol. The summed E-state index contributed by atoms with van der Waals surface area (Å²) in [7, 11) is 0. The normalized spacial score (nSPS) is 10.3. The Morgan fingerprint density at radius 1 is 1.42 bits per heavy atom. The molecule has 0 fully saturated rings. The number of carbonyl (C=O) groups excluding carboxylic acids is 1. The van der Waals surface area contributed by atoms with E-state index >= 15 is 0 Å². The van der Waals surface area contributed by atoms with Crippen molar-refractivity contribution in [3.63, 3.8) is 0 Å². The van der Waals surface area contributed by atoms with Gasteiger partial charge >= 0.3 is 5.91 Å². The van der Waals surface area contributed by atoms with Crippen molar-refractivity contribution in [2.24, 2.45) is 5.84 Å². The third-order valence-electron chi connectivity index (χ3n) is 2.29. The standard InChI is InChI=1S/C12H10ClFN2O3/c13-8-2-1-3-9(14)11(8)18-6-7-4-5-10(19-7)12(17)16-15/h1-5H,6,15H2,(H,16,17). The number of rotatable bonds is 4. The number of benzene rings is 1. The average Bonchev–Trinajstić information content (AvgIpc) is 2.86. The van der Waals surface area contributed by atoms with Gasteiger partial charge in [-0.3, -0.25) is 10.2 Å². The van der Waals surface area contributed by atoms with Crippen LogP contribution in [0.3, 0.4) is 0 Å². The van der Waals surface area contributed by atoms with Crippen molar-refractivity contribution in [3.8, 4) is 5.75 Å². The van der Waals surface area contributed by atoms with E-state index in [1.807, 2.05) is 5.43 Å². The first-order valence-electron chi connectivity index (χ1n) is 5.28. The molecule has 1 heterocycles. The molecule has 1 aromatic heterocycles. The van der Waals surface area contributed by atoms with Gasteiger partial charge in [0.15, 0.2) is 17.3 Å². The van der Waals surface area contributed by atoms with Gasteiger partial charge in [-0.15, -0.1) is 0 Å². The van der Waals surface area contributed by atoms with Gasteiger partial charge in [-0.05, 0) is 24.3 Å². The molecular formula is C12H10ClFN2O3. The van der Waals surface area contributed by atoms with Crippen LogP contribution in [0.15, 0.2) is 34.7 Å². The van der Waals surface area contributed by atoms with E-state index in [-0.39, 0.29) is 23.1 Å². The van der Waals surface area contributed by atoms with E-state index in [2.05, 4.69) is 0 Å². The van der Waals surface area contributed by atoms with E-state index < -0.39 is 11.7 Å². The number of hydrogen-bond acceptors (Lipinski definition) is 4. The van der Waals surface area contributed by atoms with Crippen molar-refractivity contribution in [3.05, 3.63) is 52.7 Å². The Morgan fingerprint density at radius 3 is 2.89 bits per heavy atom. The maximum atomic E-state index is 13.4. The summed E-state index contributed by atoms with van der Waals surface area (Å²) in [5.41, 5.74) is 1.93. The number of nitrogen functional groups attached to an aromatic ring is 1. The molecule has 2 aromatic rings. The summed E-state index contributed by atoms with van der Waals surface area (Å²) in [6.07, 6.45) is 0. The lowest BCUT2D eigenvalue weighted by Gasteiger charge is -2.07. The van der Waals surface area contributed by atoms with Gasteiger partial charge in [0.1, 0.15) is 12.4 Å². The minimum absolute atomic E-state index is 0.0423. The number of amides is 1. The number of ether oxygens (including phenoxy) is 1. The molecule has 0 atom stereocenters. The second-order valence-corrected chi connectivity index (χ2v) is 3.99. The number of nitrogens with one attached hydrogen (secondary N) is 1. The molecule has 0 aliphatic heterocycles. The SMILES string of the molecule is NNC(=O)c1ccc(COc2c(F)cccc2Cl)o1. The molecule has 3 N–H and O–H groups in total. The highest BCUT2D eigenvalue weighted by atomic mass is 35.5. The van der Waals surface area contributed by atoms with Crippen molar-refractivity contribution in [1.82, 2.24) is 5.43 Å². The third-order valence-corrected chi connectivity index (χ3v) is 2.59. The van der Waals surface area contributed by atoms with Gasteiger partial charge in [-0.1, -0.05) is 17.7 Å². The first kappa shape index (κ1) is 13.4. The van der Waals surface area contributed by atoms with Gasteiger partial charge < -0.3 is 9.15 Å². The van der Waals surface area contributed by atoms with E-state index in [0.29, 0.717) is 5.76 Å². The zero-order valence-corrected chi connectivity index (χ0v) is 10.4. The lowest BCUT2D eigenvalue weighted by molar-refractivity contribution is 0.0921. The van der Waals surface area contributed by atoms with Gasteiger partial charge in [0.25, 0.3) is 0 Å². The fraction of sp³-hybridized carbons (Fsp3) is 0.0833. The number of hydrazine groups is 1. The predicted molar refractivity (Wildman–Crippen MR) is 66.1 cm³/mol. The van der Waals surface area contributed by atoms with Crippen molar-refractivity contribution in [2.45, 2.75) is 6.61 Å². The van der Waals surface area contributed by atoms with Gasteiger partial charge in [0.05, 0.1) is 5.02 Å². The fourth-order valence-corrected chi connectivity index (χ4v) is 1.63. The Kier molecular flexibility index (Phi) is 4.03. The maximum absolute atomic E-state index is 13.4. The zero-order valence-electron chi connectivity index (χ0n) is 9.65. The van der Waals surface area contributed by atoms with Gasteiger partial charge in [-0.25, -0.2) is 10.2 Å². The Morgan fingerprint density at radius 2 is 2.21 bits per heavy atom. The smallest absolute Gasteiger partial charge is 0.300 e. The molecule has 0 saturated heterocycles. The number of halogens is 2. The molecule has 1 amide bonds. The topological polar surface area (TPSA) is 77.5 Å². The summed E-state index contributed by atoms with van der Waals surface area (Å²) in [5.74, 6) is 4.15. The summed E-state index contributed by atoms with van der Waals surface area (Å²) in [4.78, 5) is 11.2. The molecule has 19 heavy (non-hydrogen) atoms. The second kappa shape index (κ2) is 5.73. The number of carbonyl (C=O) groups is 1. The molecule has 0 unspecified atom stereocenters. The van der Waals surface area contributed by atoms with E-state index in [1.165, 1.54) is 30.3 Å². The molecule has 0 saturated carbocycles. The van der Waals surface area contributed by atoms with Crippen LogP contribution >= 0.6 is 11.6 Å². The van der Waals surface area contributed by atoms with Gasteiger partial charge in [0, 0.05) is 0 Å². The van der Waals surface area contributed by atoms with Crippen molar-refractivity contribution in [2.75, 3.05) is 0 Å². The highest BCUT2D eigenvalue weighted by Gasteiger charge is 2.12. The zero-order chi connectivity index (χ0) is 13.8. The third kappa shape index (κ3) is 3.04. The first-order chi connectivity index (χ1) is 9.11. The van der Waals surface area contributed by atoms with Crippen LogP contribution in [0.5, 0.6) is 5.75 Å². The van der Waals surface area contributed by atoms with Crippen molar-refractivity contribution < 1.29 is 18.3 Å². The fourth-order valence-electron chi connectivity index (χ4n) is 1.41. The van der Waals surface area contributed by atoms with Crippen LogP contribution in [-0.2, 0) is 6.61 Å². The Hall–Kier alpha value is -2.05. The summed E-state index contributed by atoms with van der Waals surface area (Å²) in [6.45, 7) is -0.0570. The minimum atomic E-state index is -0.570. The van der Waals surface area contributed by atoms with E-state index in [9.17, 15) is 9.18 Å². The molecule has 0 bridgehead atoms. The quantitative estimate of drug-likeness (QED) is 0.513. The van der Waals surface area contributed by atoms with Crippen LogP contribution in [-0.4, -0.2) is 5.91 Å². The minimum Gasteiger partial charge on any atom is -0.481 e. The average molecular weight is 285 g/mol.